The van der Waals surface area contributed by atoms with Crippen LogP contribution in [0, 0.1) is 0 Å². The Balaban J connectivity index is 2.18. The molecular formula is C15H20N2O2S. The van der Waals surface area contributed by atoms with E-state index in [-0.39, 0.29) is 6.04 Å². The fourth-order valence-corrected chi connectivity index (χ4v) is 2.44. The smallest absolute Gasteiger partial charge is 0.164 e. The van der Waals surface area contributed by atoms with E-state index < -0.39 is 0 Å². The lowest BCUT2D eigenvalue weighted by Gasteiger charge is -2.16. The third kappa shape index (κ3) is 3.71. The number of rotatable bonds is 7. The maximum atomic E-state index is 6.05. The van der Waals surface area contributed by atoms with Crippen LogP contribution in [0.1, 0.15) is 23.8 Å². The zero-order valence-corrected chi connectivity index (χ0v) is 12.7. The number of methoxy groups -OCH3 is 1. The summed E-state index contributed by atoms with van der Waals surface area (Å²) in [6, 6.07) is 6.05. The van der Waals surface area contributed by atoms with E-state index in [1.807, 2.05) is 24.4 Å². The Morgan fingerprint density at radius 1 is 1.40 bits per heavy atom. The molecule has 0 spiro atoms. The highest BCUT2D eigenvalue weighted by Crippen LogP contribution is 2.32. The average Bonchev–Trinajstić information content (AvgIpc) is 2.98. The second-order valence-electron chi connectivity index (χ2n) is 4.58. The van der Waals surface area contributed by atoms with Crippen molar-refractivity contribution in [1.82, 2.24) is 4.98 Å². The molecule has 1 aromatic carbocycles. The summed E-state index contributed by atoms with van der Waals surface area (Å²) < 4.78 is 11.3. The summed E-state index contributed by atoms with van der Waals surface area (Å²) in [7, 11) is 1.65. The maximum Gasteiger partial charge on any atom is 0.164 e. The van der Waals surface area contributed by atoms with Crippen molar-refractivity contribution >= 4 is 11.3 Å². The number of nitrogens with zero attached hydrogens (tertiary/aromatic N) is 1. The molecule has 2 N–H and O–H groups in total. The number of para-hydroxylation sites is 1. The van der Waals surface area contributed by atoms with Crippen molar-refractivity contribution in [2.24, 2.45) is 5.73 Å². The molecule has 2 aromatic rings. The number of thiazole rings is 1. The summed E-state index contributed by atoms with van der Waals surface area (Å²) in [5, 5.41) is 0. The van der Waals surface area contributed by atoms with Gasteiger partial charge < -0.3 is 15.2 Å². The maximum absolute atomic E-state index is 6.05. The van der Waals surface area contributed by atoms with Gasteiger partial charge in [-0.3, -0.25) is 4.98 Å². The molecule has 5 heteroatoms. The predicted octanol–water partition coefficient (Wildman–Crippen LogP) is 3.01. The highest BCUT2D eigenvalue weighted by atomic mass is 32.1. The van der Waals surface area contributed by atoms with Crippen LogP contribution in [0.4, 0.5) is 0 Å². The van der Waals surface area contributed by atoms with Gasteiger partial charge in [-0.2, -0.15) is 0 Å². The van der Waals surface area contributed by atoms with Crippen molar-refractivity contribution in [2.75, 3.05) is 7.11 Å². The average molecular weight is 292 g/mol. The molecule has 0 bridgehead atoms. The van der Waals surface area contributed by atoms with Gasteiger partial charge in [-0.15, -0.1) is 11.3 Å². The Morgan fingerprint density at radius 3 is 2.90 bits per heavy atom. The zero-order chi connectivity index (χ0) is 14.4. The van der Waals surface area contributed by atoms with Gasteiger partial charge in [0.25, 0.3) is 0 Å². The van der Waals surface area contributed by atoms with E-state index in [2.05, 4.69) is 11.9 Å². The van der Waals surface area contributed by atoms with Crippen molar-refractivity contribution in [2.45, 2.75) is 32.4 Å². The first-order valence-electron chi connectivity index (χ1n) is 6.66. The van der Waals surface area contributed by atoms with Crippen LogP contribution < -0.4 is 15.2 Å². The van der Waals surface area contributed by atoms with E-state index in [1.165, 1.54) is 0 Å². The number of ether oxygens (including phenoxy) is 2. The van der Waals surface area contributed by atoms with Gasteiger partial charge in [-0.25, -0.2) is 0 Å². The first-order chi connectivity index (χ1) is 9.74. The number of benzene rings is 1. The van der Waals surface area contributed by atoms with Crippen LogP contribution >= 0.6 is 11.3 Å². The van der Waals surface area contributed by atoms with Crippen molar-refractivity contribution in [3.05, 3.63) is 40.3 Å². The van der Waals surface area contributed by atoms with Gasteiger partial charge in [0.05, 0.1) is 17.5 Å². The molecule has 0 fully saturated rings. The predicted molar refractivity (Wildman–Crippen MR) is 81.4 cm³/mol. The molecule has 4 nitrogen and oxygen atoms in total. The van der Waals surface area contributed by atoms with Gasteiger partial charge in [0, 0.05) is 12.2 Å². The van der Waals surface area contributed by atoms with Gasteiger partial charge >= 0.3 is 0 Å². The fourth-order valence-electron chi connectivity index (χ4n) is 1.93. The first kappa shape index (κ1) is 14.8. The van der Waals surface area contributed by atoms with Crippen molar-refractivity contribution < 1.29 is 9.47 Å². The molecule has 0 radical (unpaired) electrons. The number of hydrogen-bond acceptors (Lipinski definition) is 5. The summed E-state index contributed by atoms with van der Waals surface area (Å²) in [4.78, 5) is 5.13. The monoisotopic (exact) mass is 292 g/mol. The molecule has 2 rings (SSSR count). The van der Waals surface area contributed by atoms with E-state index in [0.29, 0.717) is 6.61 Å². The fraction of sp³-hybridized carbons (Fsp3) is 0.400. The Kier molecular flexibility index (Phi) is 5.38. The minimum atomic E-state index is 0.132. The van der Waals surface area contributed by atoms with Crippen LogP contribution in [0.25, 0.3) is 0 Å². The van der Waals surface area contributed by atoms with Gasteiger partial charge in [-0.1, -0.05) is 19.1 Å². The second kappa shape index (κ2) is 7.26. The van der Waals surface area contributed by atoms with Crippen LogP contribution in [0.2, 0.25) is 0 Å². The van der Waals surface area contributed by atoms with E-state index in [1.54, 1.807) is 24.0 Å². The normalized spacial score (nSPS) is 12.2. The molecule has 20 heavy (non-hydrogen) atoms. The topological polar surface area (TPSA) is 57.4 Å². The standard InChI is InChI=1S/C15H20N2O2S/c1-3-12(16)7-11-5-4-6-14(18-2)15(11)19-9-13-8-17-10-20-13/h4-6,8,10,12H,3,7,9,16H2,1-2H3. The van der Waals surface area contributed by atoms with Gasteiger partial charge in [-0.05, 0) is 24.5 Å². The lowest BCUT2D eigenvalue weighted by molar-refractivity contribution is 0.283. The molecule has 0 amide bonds. The minimum Gasteiger partial charge on any atom is -0.493 e. The Hall–Kier alpha value is -1.59. The number of nitrogens with two attached hydrogens (primary N) is 1. The molecule has 1 unspecified atom stereocenters. The highest BCUT2D eigenvalue weighted by molar-refractivity contribution is 7.09. The molecule has 0 aliphatic heterocycles. The lowest BCUT2D eigenvalue weighted by atomic mass is 10.0. The van der Waals surface area contributed by atoms with Crippen molar-refractivity contribution in [3.63, 3.8) is 0 Å². The van der Waals surface area contributed by atoms with Gasteiger partial charge in [0.15, 0.2) is 11.5 Å². The summed E-state index contributed by atoms with van der Waals surface area (Å²) in [6.07, 6.45) is 3.54. The molecule has 0 saturated carbocycles. The Morgan fingerprint density at radius 2 is 2.25 bits per heavy atom. The van der Waals surface area contributed by atoms with Crippen LogP contribution in [0.15, 0.2) is 29.9 Å². The zero-order valence-electron chi connectivity index (χ0n) is 11.8. The summed E-state index contributed by atoms with van der Waals surface area (Å²) in [5.74, 6) is 1.53. The third-order valence-electron chi connectivity index (χ3n) is 3.13. The van der Waals surface area contributed by atoms with E-state index in [9.17, 15) is 0 Å². The summed E-state index contributed by atoms with van der Waals surface area (Å²) >= 11 is 1.58. The second-order valence-corrected chi connectivity index (χ2v) is 5.55. The molecule has 1 aromatic heterocycles. The van der Waals surface area contributed by atoms with Gasteiger partial charge in [0.1, 0.15) is 6.61 Å². The molecule has 0 aliphatic carbocycles. The van der Waals surface area contributed by atoms with Gasteiger partial charge in [0.2, 0.25) is 0 Å². The number of aromatic nitrogens is 1. The first-order valence-corrected chi connectivity index (χ1v) is 7.54. The Bertz CT molecular complexity index is 529. The van der Waals surface area contributed by atoms with Crippen LogP contribution in [-0.2, 0) is 13.0 Å². The molecule has 1 atom stereocenters. The largest absolute Gasteiger partial charge is 0.493 e. The van der Waals surface area contributed by atoms with Crippen molar-refractivity contribution in [3.8, 4) is 11.5 Å². The quantitative estimate of drug-likeness (QED) is 0.852. The molecule has 108 valence electrons. The lowest BCUT2D eigenvalue weighted by Crippen LogP contribution is -2.21. The van der Waals surface area contributed by atoms with Crippen molar-refractivity contribution in [1.29, 1.82) is 0 Å². The molecule has 1 heterocycles. The SMILES string of the molecule is CCC(N)Cc1cccc(OC)c1OCc1cncs1. The molecule has 0 aliphatic rings. The summed E-state index contributed by atoms with van der Waals surface area (Å²) in [5.41, 5.74) is 8.94. The highest BCUT2D eigenvalue weighted by Gasteiger charge is 2.13. The third-order valence-corrected chi connectivity index (χ3v) is 3.88. The van der Waals surface area contributed by atoms with E-state index >= 15 is 0 Å². The molecular weight excluding hydrogens is 272 g/mol. The van der Waals surface area contributed by atoms with Crippen LogP contribution in [0.5, 0.6) is 11.5 Å². The van der Waals surface area contributed by atoms with E-state index in [4.69, 9.17) is 15.2 Å². The number of hydrogen-bond donors (Lipinski definition) is 1. The Labute approximate surface area is 123 Å². The van der Waals surface area contributed by atoms with Crippen LogP contribution in [0.3, 0.4) is 0 Å². The van der Waals surface area contributed by atoms with Crippen LogP contribution in [-0.4, -0.2) is 18.1 Å². The summed E-state index contributed by atoms with van der Waals surface area (Å²) in [6.45, 7) is 2.59. The minimum absolute atomic E-state index is 0.132. The van der Waals surface area contributed by atoms with E-state index in [0.717, 1.165) is 34.8 Å². The molecule has 0 saturated heterocycles.